The molecule has 0 atom stereocenters. The van der Waals surface area contributed by atoms with Crippen LogP contribution < -0.4 is 5.32 Å². The van der Waals surface area contributed by atoms with E-state index < -0.39 is 82.5 Å². The fraction of sp³-hybridized carbons (Fsp3) is 0.722. The predicted octanol–water partition coefficient (Wildman–Crippen LogP) is -3.34. The first-order valence-electron chi connectivity index (χ1n) is 11.2. The third-order valence-corrected chi connectivity index (χ3v) is 9.02. The van der Waals surface area contributed by atoms with Gasteiger partial charge in [-0.3, -0.25) is 47.8 Å². The van der Waals surface area contributed by atoms with Crippen molar-refractivity contribution < 1.29 is 73.1 Å². The number of likely N-dealkylation sites (N-methyl/N-ethyl adjacent to an activating group) is 1. The van der Waals surface area contributed by atoms with Gasteiger partial charge in [0.1, 0.15) is 0 Å². The van der Waals surface area contributed by atoms with Gasteiger partial charge in [-0.1, -0.05) is 6.92 Å². The number of hydrogen-bond donors (Lipinski definition) is 9. The lowest BCUT2D eigenvalue weighted by molar-refractivity contribution is -0.156. The Morgan fingerprint density at radius 3 is 1.49 bits per heavy atom. The van der Waals surface area contributed by atoms with Crippen LogP contribution >= 0.6 is 15.2 Å². The van der Waals surface area contributed by atoms with Crippen molar-refractivity contribution in [2.24, 2.45) is 5.92 Å². The van der Waals surface area contributed by atoms with Gasteiger partial charge in [0, 0.05) is 39.3 Å². The molecular formula is C18H34N4O15P2. The van der Waals surface area contributed by atoms with Crippen molar-refractivity contribution in [3.63, 3.8) is 0 Å². The van der Waals surface area contributed by atoms with Crippen molar-refractivity contribution in [1.82, 2.24) is 20.0 Å². The van der Waals surface area contributed by atoms with Crippen molar-refractivity contribution in [3.8, 4) is 0 Å². The molecule has 9 N–H and O–H groups in total. The minimum atomic E-state index is -5.24. The second-order valence-electron chi connectivity index (χ2n) is 8.36. The van der Waals surface area contributed by atoms with Gasteiger partial charge in [-0.2, -0.15) is 0 Å². The summed E-state index contributed by atoms with van der Waals surface area (Å²) < 4.78 is 22.6. The number of nitrogens with one attached hydrogen (secondary N) is 1. The molecule has 0 heterocycles. The predicted molar refractivity (Wildman–Crippen MR) is 130 cm³/mol. The maximum atomic E-state index is 12.2. The molecule has 21 heteroatoms. The largest absolute Gasteiger partial charge is 0.481 e. The summed E-state index contributed by atoms with van der Waals surface area (Å²) in [5, 5.41) is 36.0. The summed E-state index contributed by atoms with van der Waals surface area (Å²) in [6.45, 7) is -1.64. The molecule has 19 nitrogen and oxygen atoms in total. The molecule has 0 fully saturated rings. The van der Waals surface area contributed by atoms with Gasteiger partial charge in [0.25, 0.3) is 0 Å². The third-order valence-electron chi connectivity index (χ3n) is 5.29. The number of aliphatic carboxylic acids is 4. The van der Waals surface area contributed by atoms with Crippen LogP contribution in [-0.2, 0) is 33.1 Å². The number of rotatable bonds is 21. The summed E-state index contributed by atoms with van der Waals surface area (Å²) in [5.41, 5.74) is 0. The zero-order valence-corrected chi connectivity index (χ0v) is 22.7. The van der Waals surface area contributed by atoms with Gasteiger partial charge < -0.3 is 45.3 Å². The molecule has 226 valence electrons. The van der Waals surface area contributed by atoms with Crippen LogP contribution in [-0.4, -0.2) is 155 Å². The minimum absolute atomic E-state index is 0.00318. The van der Waals surface area contributed by atoms with E-state index in [1.165, 1.54) is 9.80 Å². The Hall–Kier alpha value is -2.47. The fourth-order valence-corrected chi connectivity index (χ4v) is 5.45. The van der Waals surface area contributed by atoms with Crippen molar-refractivity contribution in [2.45, 2.75) is 12.3 Å². The van der Waals surface area contributed by atoms with Gasteiger partial charge in [0.05, 0.1) is 19.6 Å². The molecule has 0 radical (unpaired) electrons. The lowest BCUT2D eigenvalue weighted by atomic mass is 10.1. The molecule has 1 amide bonds. The molecule has 0 aromatic carbocycles. The van der Waals surface area contributed by atoms with E-state index in [9.17, 15) is 38.2 Å². The Labute approximate surface area is 222 Å². The van der Waals surface area contributed by atoms with Crippen LogP contribution in [0.25, 0.3) is 0 Å². The molecule has 0 aromatic heterocycles. The van der Waals surface area contributed by atoms with Crippen molar-refractivity contribution in [2.75, 3.05) is 65.4 Å². The lowest BCUT2D eigenvalue weighted by Gasteiger charge is -2.29. The summed E-state index contributed by atoms with van der Waals surface area (Å²) in [7, 11) is -10.5. The van der Waals surface area contributed by atoms with Gasteiger partial charge in [-0.25, -0.2) is 0 Å². The van der Waals surface area contributed by atoms with Gasteiger partial charge in [-0.15, -0.1) is 0 Å². The number of amides is 1. The molecule has 0 aliphatic rings. The van der Waals surface area contributed by atoms with Gasteiger partial charge in [0.15, 0.2) is 11.3 Å². The molecule has 39 heavy (non-hydrogen) atoms. The van der Waals surface area contributed by atoms with E-state index in [2.05, 4.69) is 0 Å². The Morgan fingerprint density at radius 1 is 0.692 bits per heavy atom. The van der Waals surface area contributed by atoms with Gasteiger partial charge in [-0.05, 0) is 6.54 Å². The van der Waals surface area contributed by atoms with Crippen LogP contribution in [0.2, 0.25) is 0 Å². The van der Waals surface area contributed by atoms with E-state index in [0.717, 1.165) is 4.90 Å². The second-order valence-corrected chi connectivity index (χ2v) is 12.4. The van der Waals surface area contributed by atoms with Gasteiger partial charge in [0.2, 0.25) is 5.91 Å². The zero-order chi connectivity index (χ0) is 30.6. The average molecular weight is 608 g/mol. The number of hydrogen-bond acceptors (Lipinski definition) is 10. The smallest absolute Gasteiger partial charge is 0.342 e. The van der Waals surface area contributed by atoms with Crippen LogP contribution in [0.3, 0.4) is 0 Å². The minimum Gasteiger partial charge on any atom is -0.481 e. The molecule has 0 spiro atoms. The zero-order valence-electron chi connectivity index (χ0n) is 20.9. The molecule has 0 aromatic rings. The first kappa shape index (κ1) is 36.5. The number of nitrogens with zero attached hydrogens (tertiary/aromatic N) is 3. The van der Waals surface area contributed by atoms with E-state index in [1.54, 1.807) is 6.92 Å². The molecule has 0 unspecified atom stereocenters. The third kappa shape index (κ3) is 15.6. The Kier molecular flexibility index (Phi) is 15.5. The van der Waals surface area contributed by atoms with E-state index in [4.69, 9.17) is 34.9 Å². The van der Waals surface area contributed by atoms with Crippen molar-refractivity contribution in [3.05, 3.63) is 0 Å². The Balaban J connectivity index is 5.22. The SMILES string of the molecule is CCN(CCN(CCN(CC(=O)O)CC(C(=O)O)C(=O)O)CC(=O)O)CC(=O)NCC(P(=O)(O)O)P(=O)(O)O. The highest BCUT2D eigenvalue weighted by molar-refractivity contribution is 7.70. The summed E-state index contributed by atoms with van der Waals surface area (Å²) in [6, 6.07) is 0. The molecule has 0 aliphatic carbocycles. The normalized spacial score (nSPS) is 12.5. The first-order valence-corrected chi connectivity index (χ1v) is 14.6. The van der Waals surface area contributed by atoms with Gasteiger partial charge >= 0.3 is 39.1 Å². The van der Waals surface area contributed by atoms with E-state index in [0.29, 0.717) is 0 Å². The summed E-state index contributed by atoms with van der Waals surface area (Å²) in [5.74, 6) is -8.71. The van der Waals surface area contributed by atoms with Crippen LogP contribution in [0.5, 0.6) is 0 Å². The number of carboxylic acid groups (broad SMARTS) is 4. The maximum Gasteiger partial charge on any atom is 0.342 e. The highest BCUT2D eigenvalue weighted by Gasteiger charge is 2.43. The number of carbonyl (C=O) groups is 5. The summed E-state index contributed by atoms with van der Waals surface area (Å²) >= 11 is 0. The number of carbonyl (C=O) groups excluding carboxylic acids is 1. The summed E-state index contributed by atoms with van der Waals surface area (Å²) in [6.07, 6.45) is 0. The van der Waals surface area contributed by atoms with Crippen LogP contribution in [0.1, 0.15) is 6.92 Å². The van der Waals surface area contributed by atoms with E-state index >= 15 is 0 Å². The molecule has 0 aliphatic heterocycles. The fourth-order valence-electron chi connectivity index (χ4n) is 3.22. The molecule has 0 saturated carbocycles. The molecule has 0 rings (SSSR count). The highest BCUT2D eigenvalue weighted by atomic mass is 31.2. The quantitative estimate of drug-likeness (QED) is 0.0454. The molecular weight excluding hydrogens is 574 g/mol. The standard InChI is InChI=1S/C18H34N4O15P2/c1-2-20(9-13(23)19-7-16(38(32,33)34)39(35,36)37)3-4-21(10-14(24)25)5-6-22(11-15(26)27)8-12(17(28)29)18(30)31/h12,16H,2-11H2,1H3,(H,19,23)(H,24,25)(H,26,27)(H,28,29)(H,30,31)(H2,32,33,34)(H2,35,36,37). The number of carboxylic acids is 4. The second kappa shape index (κ2) is 16.6. The topological polar surface area (TPSA) is 303 Å². The van der Waals surface area contributed by atoms with E-state index in [1.807, 2.05) is 5.32 Å². The highest BCUT2D eigenvalue weighted by Crippen LogP contribution is 2.59. The van der Waals surface area contributed by atoms with Crippen molar-refractivity contribution >= 4 is 45.0 Å². The first-order chi connectivity index (χ1) is 17.8. The van der Waals surface area contributed by atoms with E-state index in [-0.39, 0.29) is 39.3 Å². The summed E-state index contributed by atoms with van der Waals surface area (Å²) in [4.78, 5) is 97.3. The van der Waals surface area contributed by atoms with Crippen LogP contribution in [0, 0.1) is 5.92 Å². The monoisotopic (exact) mass is 608 g/mol. The average Bonchev–Trinajstić information content (AvgIpc) is 2.74. The maximum absolute atomic E-state index is 12.2. The Bertz CT molecular complexity index is 932. The lowest BCUT2D eigenvalue weighted by Crippen LogP contribution is -2.46. The van der Waals surface area contributed by atoms with Crippen LogP contribution in [0.15, 0.2) is 0 Å². The van der Waals surface area contributed by atoms with Crippen molar-refractivity contribution in [1.29, 1.82) is 0 Å². The Morgan fingerprint density at radius 2 is 1.10 bits per heavy atom. The molecule has 0 bridgehead atoms. The van der Waals surface area contributed by atoms with Crippen LogP contribution in [0.4, 0.5) is 0 Å². The molecule has 0 saturated heterocycles.